The number of ketones is 1. The van der Waals surface area contributed by atoms with Gasteiger partial charge in [0.2, 0.25) is 0 Å². The van der Waals surface area contributed by atoms with E-state index in [1.165, 1.54) is 5.56 Å². The number of hydrogen-bond donors (Lipinski definition) is 0. The van der Waals surface area contributed by atoms with Crippen LogP contribution in [0.15, 0.2) is 24.3 Å². The topological polar surface area (TPSA) is 29.5 Å². The predicted octanol–water partition coefficient (Wildman–Crippen LogP) is 2.11. The van der Waals surface area contributed by atoms with E-state index in [1.54, 1.807) is 14.0 Å². The van der Waals surface area contributed by atoms with Gasteiger partial charge in [0.05, 0.1) is 7.11 Å². The summed E-state index contributed by atoms with van der Waals surface area (Å²) < 4.78 is 5.09. The Labute approximate surface area is 97.0 Å². The van der Waals surface area contributed by atoms with Crippen molar-refractivity contribution in [1.82, 2.24) is 4.90 Å². The standard InChI is InChI=1S/C13H19NO2/c1-11(15)8-9-14(2)10-12-4-6-13(16-3)7-5-12/h4-7H,8-10H2,1-3H3. The molecule has 0 aliphatic rings. The lowest BCUT2D eigenvalue weighted by atomic mass is 10.2. The molecule has 1 rings (SSSR count). The molecule has 0 aliphatic heterocycles. The fourth-order valence-electron chi connectivity index (χ4n) is 1.47. The highest BCUT2D eigenvalue weighted by Crippen LogP contribution is 2.12. The molecule has 3 nitrogen and oxygen atoms in total. The second-order valence-electron chi connectivity index (χ2n) is 4.04. The van der Waals surface area contributed by atoms with Crippen molar-refractivity contribution in [1.29, 1.82) is 0 Å². The number of carbonyl (C=O) groups is 1. The van der Waals surface area contributed by atoms with Crippen LogP contribution in [-0.2, 0) is 11.3 Å². The van der Waals surface area contributed by atoms with E-state index < -0.39 is 0 Å². The molecule has 0 fully saturated rings. The molecule has 0 aromatic heterocycles. The number of Topliss-reactive ketones (excluding diaryl/α,β-unsaturated/α-hetero) is 1. The lowest BCUT2D eigenvalue weighted by Gasteiger charge is -2.15. The van der Waals surface area contributed by atoms with Gasteiger partial charge in [-0.2, -0.15) is 0 Å². The Hall–Kier alpha value is -1.35. The summed E-state index contributed by atoms with van der Waals surface area (Å²) in [5, 5.41) is 0. The monoisotopic (exact) mass is 221 g/mol. The van der Waals surface area contributed by atoms with E-state index >= 15 is 0 Å². The SMILES string of the molecule is COc1ccc(CN(C)CCC(C)=O)cc1. The van der Waals surface area contributed by atoms with Gasteiger partial charge in [0.25, 0.3) is 0 Å². The quantitative estimate of drug-likeness (QED) is 0.736. The van der Waals surface area contributed by atoms with E-state index in [-0.39, 0.29) is 5.78 Å². The van der Waals surface area contributed by atoms with Gasteiger partial charge in [-0.15, -0.1) is 0 Å². The van der Waals surface area contributed by atoms with Crippen molar-refractivity contribution < 1.29 is 9.53 Å². The van der Waals surface area contributed by atoms with Gasteiger partial charge in [0, 0.05) is 19.5 Å². The minimum Gasteiger partial charge on any atom is -0.497 e. The first-order valence-electron chi connectivity index (χ1n) is 5.42. The summed E-state index contributed by atoms with van der Waals surface area (Å²) >= 11 is 0. The molecule has 0 spiro atoms. The van der Waals surface area contributed by atoms with E-state index in [2.05, 4.69) is 4.90 Å². The fraction of sp³-hybridized carbons (Fsp3) is 0.462. The molecule has 0 amide bonds. The zero-order chi connectivity index (χ0) is 12.0. The molecule has 0 radical (unpaired) electrons. The summed E-state index contributed by atoms with van der Waals surface area (Å²) in [6, 6.07) is 7.99. The van der Waals surface area contributed by atoms with E-state index in [1.807, 2.05) is 31.3 Å². The van der Waals surface area contributed by atoms with Crippen LogP contribution in [0.5, 0.6) is 5.75 Å². The van der Waals surface area contributed by atoms with Gasteiger partial charge in [0.1, 0.15) is 11.5 Å². The lowest BCUT2D eigenvalue weighted by Crippen LogP contribution is -2.20. The maximum absolute atomic E-state index is 10.8. The van der Waals surface area contributed by atoms with Crippen molar-refractivity contribution in [3.63, 3.8) is 0 Å². The highest BCUT2D eigenvalue weighted by Gasteiger charge is 2.02. The molecule has 88 valence electrons. The van der Waals surface area contributed by atoms with Crippen LogP contribution in [0.1, 0.15) is 18.9 Å². The van der Waals surface area contributed by atoms with Gasteiger partial charge in [0.15, 0.2) is 0 Å². The van der Waals surface area contributed by atoms with Crippen LogP contribution in [0.4, 0.5) is 0 Å². The molecule has 3 heteroatoms. The number of benzene rings is 1. The van der Waals surface area contributed by atoms with Gasteiger partial charge in [-0.05, 0) is 31.7 Å². The Morgan fingerprint density at radius 3 is 2.44 bits per heavy atom. The molecule has 0 atom stereocenters. The maximum Gasteiger partial charge on any atom is 0.131 e. The van der Waals surface area contributed by atoms with Crippen LogP contribution >= 0.6 is 0 Å². The molecular weight excluding hydrogens is 202 g/mol. The minimum atomic E-state index is 0.238. The van der Waals surface area contributed by atoms with Crippen molar-refractivity contribution in [2.24, 2.45) is 0 Å². The molecule has 0 bridgehead atoms. The molecule has 0 saturated heterocycles. The predicted molar refractivity (Wildman–Crippen MR) is 64.6 cm³/mol. The number of hydrogen-bond acceptors (Lipinski definition) is 3. The average Bonchev–Trinajstić information content (AvgIpc) is 2.27. The van der Waals surface area contributed by atoms with Crippen LogP contribution in [0.2, 0.25) is 0 Å². The Bertz CT molecular complexity index is 332. The van der Waals surface area contributed by atoms with Gasteiger partial charge in [-0.3, -0.25) is 4.79 Å². The molecule has 0 N–H and O–H groups in total. The van der Waals surface area contributed by atoms with Crippen molar-refractivity contribution in [2.75, 3.05) is 20.7 Å². The summed E-state index contributed by atoms with van der Waals surface area (Å²) in [7, 11) is 3.68. The van der Waals surface area contributed by atoms with Gasteiger partial charge >= 0.3 is 0 Å². The second-order valence-corrected chi connectivity index (χ2v) is 4.04. The zero-order valence-electron chi connectivity index (χ0n) is 10.2. The molecule has 0 unspecified atom stereocenters. The summed E-state index contributed by atoms with van der Waals surface area (Å²) in [5.41, 5.74) is 1.23. The smallest absolute Gasteiger partial charge is 0.131 e. The Morgan fingerprint density at radius 2 is 1.94 bits per heavy atom. The van der Waals surface area contributed by atoms with Gasteiger partial charge in [-0.25, -0.2) is 0 Å². The molecule has 1 aromatic carbocycles. The first-order valence-corrected chi connectivity index (χ1v) is 5.42. The van der Waals surface area contributed by atoms with E-state index in [4.69, 9.17) is 4.74 Å². The van der Waals surface area contributed by atoms with Crippen molar-refractivity contribution in [3.05, 3.63) is 29.8 Å². The normalized spacial score (nSPS) is 10.5. The minimum absolute atomic E-state index is 0.238. The largest absolute Gasteiger partial charge is 0.497 e. The van der Waals surface area contributed by atoms with Gasteiger partial charge < -0.3 is 9.64 Å². The lowest BCUT2D eigenvalue weighted by molar-refractivity contribution is -0.117. The van der Waals surface area contributed by atoms with Crippen LogP contribution < -0.4 is 4.74 Å². The molecule has 0 saturated carbocycles. The Balaban J connectivity index is 2.43. The highest BCUT2D eigenvalue weighted by atomic mass is 16.5. The van der Waals surface area contributed by atoms with Crippen LogP contribution in [-0.4, -0.2) is 31.4 Å². The summed E-state index contributed by atoms with van der Waals surface area (Å²) in [5.74, 6) is 1.11. The molecule has 1 aromatic rings. The highest BCUT2D eigenvalue weighted by molar-refractivity contribution is 5.75. The maximum atomic E-state index is 10.8. The molecular formula is C13H19NO2. The van der Waals surface area contributed by atoms with Crippen molar-refractivity contribution >= 4 is 5.78 Å². The van der Waals surface area contributed by atoms with Crippen LogP contribution in [0, 0.1) is 0 Å². The van der Waals surface area contributed by atoms with Gasteiger partial charge in [-0.1, -0.05) is 12.1 Å². The first-order chi connectivity index (χ1) is 7.61. The summed E-state index contributed by atoms with van der Waals surface area (Å²) in [6.45, 7) is 3.29. The number of ether oxygens (including phenoxy) is 1. The third kappa shape index (κ3) is 4.45. The molecule has 0 aliphatic carbocycles. The fourth-order valence-corrected chi connectivity index (χ4v) is 1.47. The van der Waals surface area contributed by atoms with Crippen LogP contribution in [0.3, 0.4) is 0 Å². The van der Waals surface area contributed by atoms with E-state index in [9.17, 15) is 4.79 Å². The Morgan fingerprint density at radius 1 is 1.31 bits per heavy atom. The third-order valence-electron chi connectivity index (χ3n) is 2.46. The first kappa shape index (κ1) is 12.7. The van der Waals surface area contributed by atoms with Crippen molar-refractivity contribution in [2.45, 2.75) is 19.9 Å². The summed E-state index contributed by atoms with van der Waals surface area (Å²) in [6.07, 6.45) is 0.618. The molecule has 16 heavy (non-hydrogen) atoms. The van der Waals surface area contributed by atoms with E-state index in [0.29, 0.717) is 6.42 Å². The van der Waals surface area contributed by atoms with Crippen LogP contribution in [0.25, 0.3) is 0 Å². The number of nitrogens with zero attached hydrogens (tertiary/aromatic N) is 1. The second kappa shape index (κ2) is 6.28. The zero-order valence-corrected chi connectivity index (χ0v) is 10.2. The number of carbonyl (C=O) groups excluding carboxylic acids is 1. The number of rotatable bonds is 6. The average molecular weight is 221 g/mol. The summed E-state index contributed by atoms with van der Waals surface area (Å²) in [4.78, 5) is 13.0. The Kier molecular flexibility index (Phi) is 4.99. The number of methoxy groups -OCH3 is 1. The van der Waals surface area contributed by atoms with E-state index in [0.717, 1.165) is 18.8 Å². The third-order valence-corrected chi connectivity index (χ3v) is 2.46. The molecule has 0 heterocycles. The van der Waals surface area contributed by atoms with Crippen molar-refractivity contribution in [3.8, 4) is 5.75 Å².